The molecule has 4 nitrogen and oxygen atoms in total. The highest BCUT2D eigenvalue weighted by molar-refractivity contribution is 5.92. The first-order valence-corrected chi connectivity index (χ1v) is 8.31. The van der Waals surface area contributed by atoms with Crippen LogP contribution >= 0.6 is 0 Å². The van der Waals surface area contributed by atoms with E-state index < -0.39 is 6.04 Å². The summed E-state index contributed by atoms with van der Waals surface area (Å²) >= 11 is 0. The molecule has 0 saturated carbocycles. The third-order valence-electron chi connectivity index (χ3n) is 4.63. The molecule has 1 aliphatic rings. The molecule has 0 fully saturated rings. The Balaban J connectivity index is 1.84. The Morgan fingerprint density at radius 2 is 1.88 bits per heavy atom. The van der Waals surface area contributed by atoms with E-state index in [4.69, 9.17) is 0 Å². The molecule has 3 rings (SSSR count). The van der Waals surface area contributed by atoms with Crippen molar-refractivity contribution >= 4 is 11.8 Å². The lowest BCUT2D eigenvalue weighted by molar-refractivity contribution is -0.141. The fraction of sp³-hybridized carbons (Fsp3) is 0.300. The molecule has 1 heterocycles. The maximum absolute atomic E-state index is 12.9. The van der Waals surface area contributed by atoms with Crippen LogP contribution in [0, 0.1) is 6.92 Å². The van der Waals surface area contributed by atoms with Crippen LogP contribution in [-0.2, 0) is 22.6 Å². The van der Waals surface area contributed by atoms with Gasteiger partial charge in [0, 0.05) is 13.1 Å². The summed E-state index contributed by atoms with van der Waals surface area (Å²) in [5.74, 6) is -0.118. The van der Waals surface area contributed by atoms with Gasteiger partial charge in [-0.05, 0) is 36.1 Å². The topological polar surface area (TPSA) is 49.4 Å². The van der Waals surface area contributed by atoms with E-state index in [9.17, 15) is 9.59 Å². The molecule has 24 heavy (non-hydrogen) atoms. The zero-order valence-electron chi connectivity index (χ0n) is 14.1. The molecule has 1 aliphatic heterocycles. The molecule has 0 spiro atoms. The summed E-state index contributed by atoms with van der Waals surface area (Å²) in [4.78, 5) is 26.9. The van der Waals surface area contributed by atoms with E-state index in [1.807, 2.05) is 62.4 Å². The fourth-order valence-electron chi connectivity index (χ4n) is 3.27. The first-order chi connectivity index (χ1) is 11.6. The van der Waals surface area contributed by atoms with Crippen LogP contribution in [0.5, 0.6) is 0 Å². The Kier molecular flexibility index (Phi) is 4.65. The van der Waals surface area contributed by atoms with E-state index in [1.165, 1.54) is 0 Å². The van der Waals surface area contributed by atoms with E-state index in [-0.39, 0.29) is 11.8 Å². The van der Waals surface area contributed by atoms with Crippen molar-refractivity contribution < 1.29 is 9.59 Å². The summed E-state index contributed by atoms with van der Waals surface area (Å²) in [5, 5.41) is 3.00. The van der Waals surface area contributed by atoms with Crippen molar-refractivity contribution in [2.24, 2.45) is 0 Å². The highest BCUT2D eigenvalue weighted by Gasteiger charge is 2.35. The molecule has 4 heteroatoms. The van der Waals surface area contributed by atoms with Crippen LogP contribution in [0.25, 0.3) is 0 Å². The molecule has 0 saturated heterocycles. The summed E-state index contributed by atoms with van der Waals surface area (Å²) in [6.07, 6.45) is 0.367. The third-order valence-corrected chi connectivity index (χ3v) is 4.63. The number of fused-ring (bicyclic) bond motifs is 1. The number of nitrogens with zero attached hydrogens (tertiary/aromatic N) is 1. The van der Waals surface area contributed by atoms with Gasteiger partial charge in [0.05, 0.1) is 6.42 Å². The molecule has 1 unspecified atom stereocenters. The van der Waals surface area contributed by atoms with Crippen molar-refractivity contribution in [3.05, 3.63) is 70.8 Å². The molecule has 2 aromatic carbocycles. The number of rotatable bonds is 4. The van der Waals surface area contributed by atoms with Crippen molar-refractivity contribution in [1.29, 1.82) is 0 Å². The molecule has 0 bridgehead atoms. The monoisotopic (exact) mass is 322 g/mol. The van der Waals surface area contributed by atoms with Crippen LogP contribution in [-0.4, -0.2) is 23.3 Å². The molecule has 2 amide bonds. The number of hydrogen-bond donors (Lipinski definition) is 1. The van der Waals surface area contributed by atoms with Crippen molar-refractivity contribution in [3.63, 3.8) is 0 Å². The van der Waals surface area contributed by atoms with Crippen LogP contribution in [0.3, 0.4) is 0 Å². The summed E-state index contributed by atoms with van der Waals surface area (Å²) in [6, 6.07) is 15.1. The molecule has 0 aliphatic carbocycles. The molecule has 1 atom stereocenters. The van der Waals surface area contributed by atoms with Crippen LogP contribution in [0.4, 0.5) is 0 Å². The number of likely N-dealkylation sites (N-methyl/N-ethyl adjacent to an activating group) is 1. The normalized spacial score (nSPS) is 16.7. The van der Waals surface area contributed by atoms with E-state index in [1.54, 1.807) is 4.90 Å². The summed E-state index contributed by atoms with van der Waals surface area (Å²) < 4.78 is 0. The summed E-state index contributed by atoms with van der Waals surface area (Å²) in [7, 11) is 0. The first kappa shape index (κ1) is 16.2. The molecule has 124 valence electrons. The Morgan fingerprint density at radius 1 is 1.17 bits per heavy atom. The summed E-state index contributed by atoms with van der Waals surface area (Å²) in [6.45, 7) is 4.93. The number of nitrogens with one attached hydrogen (secondary N) is 1. The van der Waals surface area contributed by atoms with Gasteiger partial charge in [-0.1, -0.05) is 48.5 Å². The SMILES string of the molecule is CCN1C(=O)Cc2ccccc2C1C(=O)NCc1ccccc1C. The minimum atomic E-state index is -0.545. The largest absolute Gasteiger partial charge is 0.350 e. The van der Waals surface area contributed by atoms with E-state index in [0.29, 0.717) is 19.5 Å². The highest BCUT2D eigenvalue weighted by atomic mass is 16.2. The minimum Gasteiger partial charge on any atom is -0.350 e. The zero-order valence-corrected chi connectivity index (χ0v) is 14.1. The smallest absolute Gasteiger partial charge is 0.247 e. The molecular weight excluding hydrogens is 300 g/mol. The Morgan fingerprint density at radius 3 is 2.62 bits per heavy atom. The Labute approximate surface area is 142 Å². The lowest BCUT2D eigenvalue weighted by Gasteiger charge is -2.35. The van der Waals surface area contributed by atoms with Gasteiger partial charge in [-0.25, -0.2) is 0 Å². The quantitative estimate of drug-likeness (QED) is 0.941. The predicted octanol–water partition coefficient (Wildman–Crippen LogP) is 2.76. The van der Waals surface area contributed by atoms with Crippen LogP contribution in [0.15, 0.2) is 48.5 Å². The second-order valence-electron chi connectivity index (χ2n) is 6.10. The Hall–Kier alpha value is -2.62. The molecule has 0 radical (unpaired) electrons. The van der Waals surface area contributed by atoms with E-state index in [0.717, 1.165) is 22.3 Å². The maximum Gasteiger partial charge on any atom is 0.247 e. The van der Waals surface area contributed by atoms with Crippen LogP contribution < -0.4 is 5.32 Å². The van der Waals surface area contributed by atoms with Gasteiger partial charge in [0.2, 0.25) is 11.8 Å². The number of amides is 2. The van der Waals surface area contributed by atoms with Gasteiger partial charge in [-0.3, -0.25) is 9.59 Å². The average Bonchev–Trinajstić information content (AvgIpc) is 2.59. The third kappa shape index (κ3) is 3.04. The van der Waals surface area contributed by atoms with Crippen molar-refractivity contribution in [3.8, 4) is 0 Å². The van der Waals surface area contributed by atoms with Gasteiger partial charge in [0.1, 0.15) is 6.04 Å². The number of hydrogen-bond acceptors (Lipinski definition) is 2. The van der Waals surface area contributed by atoms with Gasteiger partial charge in [-0.15, -0.1) is 0 Å². The van der Waals surface area contributed by atoms with E-state index >= 15 is 0 Å². The maximum atomic E-state index is 12.9. The zero-order chi connectivity index (χ0) is 17.1. The minimum absolute atomic E-state index is 0.00671. The van der Waals surface area contributed by atoms with Crippen molar-refractivity contribution in [1.82, 2.24) is 10.2 Å². The number of aryl methyl sites for hydroxylation is 1. The van der Waals surface area contributed by atoms with E-state index in [2.05, 4.69) is 5.32 Å². The fourth-order valence-corrected chi connectivity index (χ4v) is 3.27. The van der Waals surface area contributed by atoms with Crippen molar-refractivity contribution in [2.45, 2.75) is 32.9 Å². The van der Waals surface area contributed by atoms with Crippen molar-refractivity contribution in [2.75, 3.05) is 6.54 Å². The highest BCUT2D eigenvalue weighted by Crippen LogP contribution is 2.30. The van der Waals surface area contributed by atoms with Gasteiger partial charge in [0.25, 0.3) is 0 Å². The van der Waals surface area contributed by atoms with Gasteiger partial charge in [-0.2, -0.15) is 0 Å². The van der Waals surface area contributed by atoms with Gasteiger partial charge >= 0.3 is 0 Å². The second-order valence-corrected chi connectivity index (χ2v) is 6.10. The number of carbonyl (C=O) groups excluding carboxylic acids is 2. The number of carbonyl (C=O) groups is 2. The molecule has 1 N–H and O–H groups in total. The van der Waals surface area contributed by atoms with Crippen LogP contribution in [0.2, 0.25) is 0 Å². The van der Waals surface area contributed by atoms with Gasteiger partial charge in [0.15, 0.2) is 0 Å². The van der Waals surface area contributed by atoms with Crippen LogP contribution in [0.1, 0.15) is 35.2 Å². The molecule has 2 aromatic rings. The predicted molar refractivity (Wildman–Crippen MR) is 93.3 cm³/mol. The van der Waals surface area contributed by atoms with Gasteiger partial charge < -0.3 is 10.2 Å². The first-order valence-electron chi connectivity index (χ1n) is 8.31. The standard InChI is InChI=1S/C20H22N2O2/c1-3-22-18(23)12-15-9-6-7-11-17(15)19(22)20(24)21-13-16-10-5-4-8-14(16)2/h4-11,19H,3,12-13H2,1-2H3,(H,21,24). The number of benzene rings is 2. The molecule has 0 aromatic heterocycles. The summed E-state index contributed by atoms with van der Waals surface area (Å²) in [5.41, 5.74) is 4.11. The lowest BCUT2D eigenvalue weighted by Crippen LogP contribution is -2.47. The average molecular weight is 322 g/mol. The molecular formula is C20H22N2O2. The lowest BCUT2D eigenvalue weighted by atomic mass is 9.91. The Bertz CT molecular complexity index is 770. The second kappa shape index (κ2) is 6.87.